The lowest BCUT2D eigenvalue weighted by molar-refractivity contribution is -0.138. The molecule has 12 atom stereocenters. The molecule has 0 spiro atoms. The second-order valence-electron chi connectivity index (χ2n) is 18.5. The number of rotatable bonds is 19. The Hall–Kier alpha value is -6.29. The van der Waals surface area contributed by atoms with Crippen molar-refractivity contribution in [2.75, 3.05) is 43.9 Å². The number of hydrogen-bond acceptors (Lipinski definition) is 22. The predicted molar refractivity (Wildman–Crippen MR) is 274 cm³/mol. The van der Waals surface area contributed by atoms with Crippen LogP contribution >= 0.6 is 38.1 Å². The molecule has 9 N–H and O–H groups in total. The molecule has 428 valence electrons. The van der Waals surface area contributed by atoms with Crippen LogP contribution in [0.2, 0.25) is 0 Å². The van der Waals surface area contributed by atoms with Gasteiger partial charge in [-0.2, -0.15) is 0 Å². The van der Waals surface area contributed by atoms with Crippen LogP contribution in [0.4, 0.5) is 25.2 Å². The van der Waals surface area contributed by atoms with Crippen molar-refractivity contribution >= 4 is 114 Å². The Bertz CT molecular complexity index is 3110. The zero-order chi connectivity index (χ0) is 56.9. The summed E-state index contributed by atoms with van der Waals surface area (Å²) in [6, 6.07) is -3.10. The number of nitrogens with one attached hydrogen (secondary N) is 5. The lowest BCUT2D eigenvalue weighted by Crippen LogP contribution is -2.55. The number of fused-ring (bicyclic) bond motifs is 4. The van der Waals surface area contributed by atoms with E-state index in [0.717, 1.165) is 40.6 Å². The van der Waals surface area contributed by atoms with Gasteiger partial charge < -0.3 is 47.5 Å². The van der Waals surface area contributed by atoms with Gasteiger partial charge in [0.05, 0.1) is 25.9 Å². The van der Waals surface area contributed by atoms with E-state index in [2.05, 4.69) is 81.0 Å². The molecule has 4 aromatic rings. The number of amides is 8. The lowest BCUT2D eigenvalue weighted by atomic mass is 10.0. The normalized spacial score (nSPS) is 27.9. The van der Waals surface area contributed by atoms with Gasteiger partial charge in [0, 0.05) is 44.6 Å². The van der Waals surface area contributed by atoms with Crippen LogP contribution < -0.4 is 38.1 Å². The Balaban J connectivity index is 0.863. The zero-order valence-corrected chi connectivity index (χ0v) is 45.3. The summed E-state index contributed by atoms with van der Waals surface area (Å²) in [6.45, 7) is -7.55. The van der Waals surface area contributed by atoms with E-state index in [9.17, 15) is 42.7 Å². The number of carbonyl (C=O) groups excluding carboxylic acids is 7. The second-order valence-corrected chi connectivity index (χ2v) is 24.2. The van der Waals surface area contributed by atoms with Crippen LogP contribution in [0.1, 0.15) is 58.4 Å². The fraction of sp³-hybridized carbons (Fsp3) is 0.548. The smallest absolute Gasteiger partial charge is 0.382 e. The van der Waals surface area contributed by atoms with Crippen molar-refractivity contribution in [3.8, 4) is 0 Å². The number of nitrogens with zero attached hydrogens (tertiary/aromatic N) is 9. The van der Waals surface area contributed by atoms with Crippen LogP contribution in [0.25, 0.3) is 22.3 Å². The lowest BCUT2D eigenvalue weighted by Gasteiger charge is -2.28. The van der Waals surface area contributed by atoms with Gasteiger partial charge in [0.2, 0.25) is 23.6 Å². The number of anilines is 2. The minimum atomic E-state index is -4.57. The molecular weight excluding hydrogens is 1130 g/mol. The highest BCUT2D eigenvalue weighted by molar-refractivity contribution is 8.44. The molecule has 0 unspecified atom stereocenters. The Morgan fingerprint density at radius 3 is 1.89 bits per heavy atom. The molecule has 31 nitrogen and oxygen atoms in total. The molecule has 0 aliphatic carbocycles. The van der Waals surface area contributed by atoms with Crippen molar-refractivity contribution in [1.82, 2.24) is 65.2 Å². The Kier molecular flexibility index (Phi) is 18.6. The molecule has 8 heterocycles. The molecule has 0 radical (unpaired) electrons. The molecule has 3 saturated heterocycles. The van der Waals surface area contributed by atoms with E-state index in [4.69, 9.17) is 39.0 Å². The summed E-state index contributed by atoms with van der Waals surface area (Å²) in [5, 5.41) is 12.9. The fourth-order valence-electron chi connectivity index (χ4n) is 8.72. The third-order valence-corrected chi connectivity index (χ3v) is 15.8. The van der Waals surface area contributed by atoms with Gasteiger partial charge in [-0.15, -0.1) is 0 Å². The summed E-state index contributed by atoms with van der Waals surface area (Å²) in [5.74, 6) is -4.29. The topological polar surface area (TPSA) is 412 Å². The number of ether oxygens (including phenoxy) is 2. The van der Waals surface area contributed by atoms with E-state index in [-0.39, 0.29) is 85.7 Å². The molecule has 8 amide bonds. The first kappa shape index (κ1) is 58.8. The standard InChI is InChI=1S/C42H54F2N16O15P2S2/c1-19(2)29(56-24(62)9-12-58-25(63)7-8-26(58)64)39(66)55-20(5-3-11-48-42(46)67)38(65)47-10-4-6-23(61)57-35-31-37(52-16-50-35)60(18-54-31)41-28(44)33-22(73-41)14-71-76(68,78)74-32-21(13-70-77(69,79)75-33)72-40(27(32)43)59-17-53-30-34(45)49-15-51-36(30)59/h7-8,15-22,27-29,32-33,40-41H,3-6,9-14H2,1-2H3,(H,47,65)(H,55,66)(H,56,62)(H,68,78)(H,69,79)(H2,45,49,51)(H3,46,48,67)(H,50,52,57,61)/t20-,21+,22+,27+,28+,29-,32+,33+,40+,41+,76+,77+/m0/s1. The number of imide groups is 1. The number of nitrogens with two attached hydrogens (primary N) is 2. The summed E-state index contributed by atoms with van der Waals surface area (Å²) in [6.07, 6.45) is -7.53. The number of hydrogen-bond donors (Lipinski definition) is 9. The van der Waals surface area contributed by atoms with Crippen LogP contribution in [-0.2, 0) is 65.5 Å². The Morgan fingerprint density at radius 2 is 1.30 bits per heavy atom. The quantitative estimate of drug-likeness (QED) is 0.0272. The van der Waals surface area contributed by atoms with E-state index in [0.29, 0.717) is 0 Å². The third kappa shape index (κ3) is 14.0. The largest absolute Gasteiger partial charge is 0.386 e. The van der Waals surface area contributed by atoms with Crippen molar-refractivity contribution in [1.29, 1.82) is 0 Å². The first-order valence-electron chi connectivity index (χ1n) is 24.3. The molecule has 4 aromatic heterocycles. The van der Waals surface area contributed by atoms with E-state index in [1.54, 1.807) is 13.8 Å². The molecule has 79 heavy (non-hydrogen) atoms. The molecule has 0 saturated carbocycles. The van der Waals surface area contributed by atoms with E-state index in [1.165, 1.54) is 10.9 Å². The summed E-state index contributed by atoms with van der Waals surface area (Å²) in [5.41, 5.74) is 11.2. The number of thiol groups is 2. The Labute approximate surface area is 456 Å². The summed E-state index contributed by atoms with van der Waals surface area (Å²) in [4.78, 5) is 114. The Morgan fingerprint density at radius 1 is 0.747 bits per heavy atom. The highest BCUT2D eigenvalue weighted by Gasteiger charge is 2.54. The van der Waals surface area contributed by atoms with Gasteiger partial charge in [0.25, 0.3) is 11.8 Å². The predicted octanol–water partition coefficient (Wildman–Crippen LogP) is 0.837. The van der Waals surface area contributed by atoms with Crippen molar-refractivity contribution in [3.05, 3.63) is 37.5 Å². The maximum Gasteiger partial charge on any atom is 0.386 e. The van der Waals surface area contributed by atoms with Crippen LogP contribution in [0.15, 0.2) is 37.5 Å². The molecule has 0 bridgehead atoms. The van der Waals surface area contributed by atoms with Crippen molar-refractivity contribution in [2.24, 2.45) is 11.7 Å². The molecule has 4 aliphatic heterocycles. The highest BCUT2D eigenvalue weighted by Crippen LogP contribution is 2.60. The first-order valence-corrected chi connectivity index (χ1v) is 29.6. The van der Waals surface area contributed by atoms with Crippen molar-refractivity contribution in [2.45, 2.75) is 107 Å². The summed E-state index contributed by atoms with van der Waals surface area (Å²) >= 11 is 8.08. The maximum absolute atomic E-state index is 16.7. The number of primary amides is 1. The number of nitrogen functional groups attached to an aromatic ring is 1. The second kappa shape index (κ2) is 25.0. The van der Waals surface area contributed by atoms with Gasteiger partial charge in [-0.1, -0.05) is 38.3 Å². The summed E-state index contributed by atoms with van der Waals surface area (Å²) in [7, 11) is 0. The average Bonchev–Trinajstić information content (AvgIpc) is 4.33. The van der Waals surface area contributed by atoms with Crippen LogP contribution in [0.3, 0.4) is 0 Å². The fourth-order valence-corrected chi connectivity index (χ4v) is 11.7. The van der Waals surface area contributed by atoms with E-state index < -0.39 is 135 Å². The van der Waals surface area contributed by atoms with E-state index >= 15 is 8.78 Å². The summed E-state index contributed by atoms with van der Waals surface area (Å²) < 4.78 is 96.6. The number of imidazole rings is 2. The minimum absolute atomic E-state index is 0.00464. The van der Waals surface area contributed by atoms with Gasteiger partial charge in [-0.25, -0.2) is 52.6 Å². The number of alkyl halides is 2. The maximum atomic E-state index is 16.7. The van der Waals surface area contributed by atoms with Crippen molar-refractivity contribution in [3.63, 3.8) is 0 Å². The van der Waals surface area contributed by atoms with Gasteiger partial charge in [-0.3, -0.25) is 60.9 Å². The van der Waals surface area contributed by atoms with Crippen molar-refractivity contribution < 1.29 is 79.0 Å². The molecule has 4 aliphatic rings. The van der Waals surface area contributed by atoms with Crippen LogP contribution in [0.5, 0.6) is 0 Å². The number of carbonyl (C=O) groups is 7. The third-order valence-electron chi connectivity index (χ3n) is 12.6. The first-order chi connectivity index (χ1) is 37.5. The van der Waals surface area contributed by atoms with Gasteiger partial charge in [0.1, 0.15) is 54.7 Å². The number of halogens is 2. The molecular formula is C42H54F2N16O15P2S2. The average molecular weight is 1190 g/mol. The number of aromatic nitrogens is 8. The minimum Gasteiger partial charge on any atom is -0.382 e. The van der Waals surface area contributed by atoms with Gasteiger partial charge in [0.15, 0.2) is 53.2 Å². The number of urea groups is 1. The molecule has 8 rings (SSSR count). The highest BCUT2D eigenvalue weighted by atomic mass is 32.7. The van der Waals surface area contributed by atoms with Gasteiger partial charge in [-0.05, 0) is 25.2 Å². The SMILES string of the molecule is CC(C)[C@H](NC(=O)CCN1C(=O)C=CC1=O)C(=O)N[C@@H](CCCNC(N)=O)C(=O)NCCCC(=O)Nc1ncnc2c1ncn2[C@@H]1O[C@@H]2CO[P@@](=O)(S)O[C@H]3[C@@H](F)[C@H](n4cnc5c(N)ncnc54)O[C@@H]3CO[P@@](=O)(S)O[C@H]2[C@H]1F. The molecule has 3 fully saturated rings. The monoisotopic (exact) mass is 1190 g/mol. The van der Waals surface area contributed by atoms with E-state index in [1.807, 2.05) is 0 Å². The van der Waals surface area contributed by atoms with Crippen LogP contribution in [0, 0.1) is 5.92 Å². The van der Waals surface area contributed by atoms with Gasteiger partial charge >= 0.3 is 19.6 Å². The zero-order valence-electron chi connectivity index (χ0n) is 41.7. The molecule has 0 aromatic carbocycles. The van der Waals surface area contributed by atoms with Crippen LogP contribution in [-0.4, -0.2) is 167 Å². The molecule has 37 heteroatoms.